The molecule has 1 aliphatic rings. The predicted octanol–water partition coefficient (Wildman–Crippen LogP) is 5.31. The number of anilines is 1. The maximum Gasteiger partial charge on any atom is 0.0913 e. The number of rotatable bonds is 7. The van der Waals surface area contributed by atoms with Gasteiger partial charge in [-0.2, -0.15) is 5.11 Å². The maximum atomic E-state index is 6.02. The third kappa shape index (κ3) is 7.15. The van der Waals surface area contributed by atoms with E-state index in [-0.39, 0.29) is 12.1 Å². The minimum absolute atomic E-state index is 0.148. The minimum atomic E-state index is 0.148. The van der Waals surface area contributed by atoms with E-state index in [4.69, 9.17) is 11.6 Å². The predicted molar refractivity (Wildman–Crippen MR) is 116 cm³/mol. The highest BCUT2D eigenvalue weighted by Crippen LogP contribution is 2.21. The average Bonchev–Trinajstić information content (AvgIpc) is 2.68. The molecule has 2 unspecified atom stereocenters. The second-order valence-electron chi connectivity index (χ2n) is 7.24. The highest BCUT2D eigenvalue weighted by Gasteiger charge is 2.19. The Hall–Kier alpha value is -1.59. The first-order valence-electron chi connectivity index (χ1n) is 10.1. The molecular formula is C21H34ClN5. The molecule has 0 saturated heterocycles. The van der Waals surface area contributed by atoms with Crippen molar-refractivity contribution in [2.24, 2.45) is 10.3 Å². The summed E-state index contributed by atoms with van der Waals surface area (Å²) < 4.78 is 0. The summed E-state index contributed by atoms with van der Waals surface area (Å²) in [4.78, 5) is 0. The lowest BCUT2D eigenvalue weighted by molar-refractivity contribution is 0.260. The van der Waals surface area contributed by atoms with Gasteiger partial charge in [0.15, 0.2) is 0 Å². The third-order valence-electron chi connectivity index (χ3n) is 5.08. The molecule has 0 bridgehead atoms. The van der Waals surface area contributed by atoms with E-state index in [0.29, 0.717) is 6.04 Å². The van der Waals surface area contributed by atoms with Crippen LogP contribution in [0.25, 0.3) is 0 Å². The van der Waals surface area contributed by atoms with E-state index in [1.165, 1.54) is 5.57 Å². The summed E-state index contributed by atoms with van der Waals surface area (Å²) in [6.45, 7) is 11.5. The van der Waals surface area contributed by atoms with E-state index in [1.807, 2.05) is 24.3 Å². The van der Waals surface area contributed by atoms with Gasteiger partial charge in [0.05, 0.1) is 6.04 Å². The number of nitrogens with one attached hydrogen (secondary N) is 2. The van der Waals surface area contributed by atoms with Crippen LogP contribution in [-0.2, 0) is 0 Å². The highest BCUT2D eigenvalue weighted by molar-refractivity contribution is 6.30. The van der Waals surface area contributed by atoms with Crippen LogP contribution in [0.3, 0.4) is 0 Å². The lowest BCUT2D eigenvalue weighted by Crippen LogP contribution is -2.37. The van der Waals surface area contributed by atoms with Gasteiger partial charge in [-0.1, -0.05) is 35.4 Å². The standard InChI is InChI=1S/C21H34ClN5/c1-5-14-23-17(4)21-12-7-16(3)20(13-15-27(6-2)26-25-21)24-19-10-8-18(22)9-11-19/h7-11,17,20-21,23-24H,5-6,12-15H2,1-4H3/b16-7+,26-25-/t17-,20?,21?/m0/s1. The molecule has 3 atom stereocenters. The van der Waals surface area contributed by atoms with Crippen LogP contribution in [0, 0.1) is 0 Å². The van der Waals surface area contributed by atoms with Gasteiger partial charge in [0.2, 0.25) is 0 Å². The van der Waals surface area contributed by atoms with Crippen LogP contribution in [0.15, 0.2) is 46.3 Å². The van der Waals surface area contributed by atoms with Crippen molar-refractivity contribution in [3.8, 4) is 0 Å². The summed E-state index contributed by atoms with van der Waals surface area (Å²) in [7, 11) is 0. The molecule has 0 amide bonds. The first-order chi connectivity index (χ1) is 13.0. The lowest BCUT2D eigenvalue weighted by Gasteiger charge is -2.27. The Bertz CT molecular complexity index is 614. The van der Waals surface area contributed by atoms with Crippen molar-refractivity contribution in [2.75, 3.05) is 25.0 Å². The molecule has 6 heteroatoms. The molecule has 0 saturated carbocycles. The zero-order chi connectivity index (χ0) is 19.6. The molecule has 150 valence electrons. The number of halogens is 1. The lowest BCUT2D eigenvalue weighted by atomic mass is 9.99. The molecule has 0 aliphatic carbocycles. The van der Waals surface area contributed by atoms with Crippen molar-refractivity contribution in [2.45, 2.75) is 65.1 Å². The zero-order valence-corrected chi connectivity index (χ0v) is 17.8. The quantitative estimate of drug-likeness (QED) is 0.619. The Kier molecular flexibility index (Phi) is 9.08. The molecule has 1 heterocycles. The largest absolute Gasteiger partial charge is 0.379 e. The summed E-state index contributed by atoms with van der Waals surface area (Å²) >= 11 is 6.02. The number of hydrogen-bond donors (Lipinski definition) is 2. The van der Waals surface area contributed by atoms with Crippen molar-refractivity contribution >= 4 is 17.3 Å². The van der Waals surface area contributed by atoms with Gasteiger partial charge in [-0.15, -0.1) is 0 Å². The fraction of sp³-hybridized carbons (Fsp3) is 0.619. The van der Waals surface area contributed by atoms with Gasteiger partial charge in [-0.25, -0.2) is 0 Å². The van der Waals surface area contributed by atoms with Crippen LogP contribution in [-0.4, -0.2) is 42.8 Å². The van der Waals surface area contributed by atoms with Crippen LogP contribution in [0.2, 0.25) is 5.02 Å². The van der Waals surface area contributed by atoms with Gasteiger partial charge in [0.1, 0.15) is 0 Å². The fourth-order valence-corrected chi connectivity index (χ4v) is 3.28. The van der Waals surface area contributed by atoms with Gasteiger partial charge in [0.25, 0.3) is 0 Å². The zero-order valence-electron chi connectivity index (χ0n) is 17.1. The van der Waals surface area contributed by atoms with Gasteiger partial charge in [0, 0.05) is 35.9 Å². The van der Waals surface area contributed by atoms with Crippen LogP contribution in [0.1, 0.15) is 47.0 Å². The van der Waals surface area contributed by atoms with Crippen LogP contribution in [0.5, 0.6) is 0 Å². The van der Waals surface area contributed by atoms with E-state index >= 15 is 0 Å². The number of nitrogens with zero attached hydrogens (tertiary/aromatic N) is 3. The smallest absolute Gasteiger partial charge is 0.0913 e. The third-order valence-corrected chi connectivity index (χ3v) is 5.33. The van der Waals surface area contributed by atoms with Crippen molar-refractivity contribution in [1.29, 1.82) is 0 Å². The second-order valence-corrected chi connectivity index (χ2v) is 7.67. The Labute approximate surface area is 169 Å². The minimum Gasteiger partial charge on any atom is -0.379 e. The Morgan fingerprint density at radius 1 is 1.26 bits per heavy atom. The molecule has 1 aliphatic heterocycles. The molecular weight excluding hydrogens is 358 g/mol. The summed E-state index contributed by atoms with van der Waals surface area (Å²) in [5.41, 5.74) is 2.44. The van der Waals surface area contributed by atoms with E-state index in [0.717, 1.165) is 49.6 Å². The first-order valence-corrected chi connectivity index (χ1v) is 10.5. The molecule has 27 heavy (non-hydrogen) atoms. The van der Waals surface area contributed by atoms with Gasteiger partial charge in [-0.3, -0.25) is 5.01 Å². The summed E-state index contributed by atoms with van der Waals surface area (Å²) in [6.07, 6.45) is 5.32. The normalized spacial score (nSPS) is 25.4. The van der Waals surface area contributed by atoms with E-state index in [9.17, 15) is 0 Å². The van der Waals surface area contributed by atoms with Gasteiger partial charge in [-0.05, 0) is 70.8 Å². The van der Waals surface area contributed by atoms with E-state index in [1.54, 1.807) is 0 Å². The molecule has 0 radical (unpaired) electrons. The number of benzene rings is 1. The summed E-state index contributed by atoms with van der Waals surface area (Å²) in [6, 6.07) is 8.64. The molecule has 0 aromatic heterocycles. The number of hydrogen-bond acceptors (Lipinski definition) is 5. The summed E-state index contributed by atoms with van der Waals surface area (Å²) in [5, 5.41) is 19.2. The van der Waals surface area contributed by atoms with Crippen LogP contribution < -0.4 is 10.6 Å². The SMILES string of the molecule is CCCN[C@@H](C)C1C/C=C(\C)C(Nc2ccc(Cl)cc2)CCN(CC)/N=N\1. The van der Waals surface area contributed by atoms with E-state index < -0.39 is 0 Å². The van der Waals surface area contributed by atoms with Gasteiger partial charge >= 0.3 is 0 Å². The molecule has 1 aromatic carbocycles. The second kappa shape index (κ2) is 11.3. The Morgan fingerprint density at radius 3 is 2.67 bits per heavy atom. The maximum absolute atomic E-state index is 6.02. The fourth-order valence-electron chi connectivity index (χ4n) is 3.15. The molecule has 0 spiro atoms. The summed E-state index contributed by atoms with van der Waals surface area (Å²) in [5.74, 6) is 0. The van der Waals surface area contributed by atoms with Crippen molar-refractivity contribution in [3.63, 3.8) is 0 Å². The monoisotopic (exact) mass is 391 g/mol. The highest BCUT2D eigenvalue weighted by atomic mass is 35.5. The van der Waals surface area contributed by atoms with Crippen LogP contribution in [0.4, 0.5) is 5.69 Å². The topological polar surface area (TPSA) is 52.0 Å². The Morgan fingerprint density at radius 2 is 2.00 bits per heavy atom. The van der Waals surface area contributed by atoms with Crippen molar-refractivity contribution < 1.29 is 0 Å². The molecule has 0 fully saturated rings. The van der Waals surface area contributed by atoms with Gasteiger partial charge < -0.3 is 10.6 Å². The van der Waals surface area contributed by atoms with E-state index in [2.05, 4.69) is 59.8 Å². The van der Waals surface area contributed by atoms with Crippen LogP contribution >= 0.6 is 11.6 Å². The van der Waals surface area contributed by atoms with Crippen molar-refractivity contribution in [1.82, 2.24) is 10.3 Å². The molecule has 2 rings (SSSR count). The first kappa shape index (κ1) is 21.7. The van der Waals surface area contributed by atoms with Crippen molar-refractivity contribution in [3.05, 3.63) is 40.9 Å². The molecule has 1 aromatic rings. The Balaban J connectivity index is 2.14. The molecule has 2 N–H and O–H groups in total. The molecule has 5 nitrogen and oxygen atoms in total. The average molecular weight is 392 g/mol.